The van der Waals surface area contributed by atoms with Gasteiger partial charge < -0.3 is 14.6 Å². The van der Waals surface area contributed by atoms with Gasteiger partial charge in [-0.3, -0.25) is 4.79 Å². The number of carbonyl (C=O) groups excluding carboxylic acids is 1. The van der Waals surface area contributed by atoms with Crippen LogP contribution in [0.4, 0.5) is 0 Å². The van der Waals surface area contributed by atoms with E-state index in [9.17, 15) is 4.79 Å². The fraction of sp³-hybridized carbons (Fsp3) is 0.286. The van der Waals surface area contributed by atoms with Crippen molar-refractivity contribution < 1.29 is 9.53 Å². The van der Waals surface area contributed by atoms with E-state index in [2.05, 4.69) is 47.1 Å². The summed E-state index contributed by atoms with van der Waals surface area (Å²) in [7, 11) is 0. The van der Waals surface area contributed by atoms with E-state index >= 15 is 0 Å². The van der Waals surface area contributed by atoms with E-state index in [1.165, 1.54) is 11.1 Å². The van der Waals surface area contributed by atoms with Crippen molar-refractivity contribution in [3.05, 3.63) is 95.8 Å². The van der Waals surface area contributed by atoms with Crippen molar-refractivity contribution in [1.29, 1.82) is 0 Å². The molecule has 0 aliphatic rings. The predicted octanol–water partition coefficient (Wildman–Crippen LogP) is 5.11. The maximum Gasteiger partial charge on any atom is 0.220 e. The maximum atomic E-state index is 12.3. The number of aromatic nitrogens is 2. The highest BCUT2D eigenvalue weighted by Gasteiger charge is 2.11. The standard InChI is InChI=1S/C28H31N3O2/c1-22-9-7-12-24(21-22)33-20-8-19-31-26-14-6-5-13-25(26)30-27(31)17-18-29-28(32)16-15-23-10-3-2-4-11-23/h2-7,9-14,21H,8,15-20H2,1H3,(H,29,32). The molecular formula is C28H31N3O2. The van der Waals surface area contributed by atoms with Crippen LogP contribution in [-0.4, -0.2) is 28.6 Å². The van der Waals surface area contributed by atoms with Gasteiger partial charge in [-0.15, -0.1) is 0 Å². The fourth-order valence-electron chi connectivity index (χ4n) is 3.99. The van der Waals surface area contributed by atoms with Crippen molar-refractivity contribution >= 4 is 16.9 Å². The minimum Gasteiger partial charge on any atom is -0.494 e. The molecule has 0 radical (unpaired) electrons. The van der Waals surface area contributed by atoms with Crippen LogP contribution in [0.3, 0.4) is 0 Å². The molecule has 5 heteroatoms. The zero-order chi connectivity index (χ0) is 22.9. The van der Waals surface area contributed by atoms with Gasteiger partial charge in [0.1, 0.15) is 11.6 Å². The van der Waals surface area contributed by atoms with Gasteiger partial charge in [0.05, 0.1) is 17.6 Å². The third kappa shape index (κ3) is 6.45. The lowest BCUT2D eigenvalue weighted by Gasteiger charge is -2.11. The molecule has 0 saturated heterocycles. The van der Waals surface area contributed by atoms with Gasteiger partial charge >= 0.3 is 0 Å². The summed E-state index contributed by atoms with van der Waals surface area (Å²) in [5, 5.41) is 3.05. The molecule has 0 saturated carbocycles. The largest absolute Gasteiger partial charge is 0.494 e. The number of hydrogen-bond donors (Lipinski definition) is 1. The van der Waals surface area contributed by atoms with Gasteiger partial charge in [-0.2, -0.15) is 0 Å². The number of aryl methyl sites for hydroxylation is 3. The van der Waals surface area contributed by atoms with E-state index in [-0.39, 0.29) is 5.91 Å². The molecule has 0 bridgehead atoms. The summed E-state index contributed by atoms with van der Waals surface area (Å²) < 4.78 is 8.18. The zero-order valence-electron chi connectivity index (χ0n) is 19.2. The van der Waals surface area contributed by atoms with Crippen LogP contribution in [0.5, 0.6) is 5.75 Å². The summed E-state index contributed by atoms with van der Waals surface area (Å²) in [4.78, 5) is 17.1. The second-order valence-corrected chi connectivity index (χ2v) is 8.27. The molecular weight excluding hydrogens is 410 g/mol. The highest BCUT2D eigenvalue weighted by atomic mass is 16.5. The molecule has 0 atom stereocenters. The first-order valence-corrected chi connectivity index (χ1v) is 11.6. The third-order valence-electron chi connectivity index (χ3n) is 5.67. The number of ether oxygens (including phenoxy) is 1. The molecule has 0 aliphatic carbocycles. The molecule has 1 aromatic heterocycles. The molecule has 0 unspecified atom stereocenters. The maximum absolute atomic E-state index is 12.3. The molecule has 1 amide bonds. The summed E-state index contributed by atoms with van der Waals surface area (Å²) in [5.74, 6) is 1.98. The van der Waals surface area contributed by atoms with E-state index in [1.807, 2.05) is 48.5 Å². The molecule has 0 aliphatic heterocycles. The Hall–Kier alpha value is -3.60. The Kier molecular flexibility index (Phi) is 7.75. The van der Waals surface area contributed by atoms with Crippen molar-refractivity contribution in [2.24, 2.45) is 0 Å². The van der Waals surface area contributed by atoms with Crippen molar-refractivity contribution in [3.63, 3.8) is 0 Å². The van der Waals surface area contributed by atoms with Crippen LogP contribution in [0, 0.1) is 6.92 Å². The lowest BCUT2D eigenvalue weighted by atomic mass is 10.1. The summed E-state index contributed by atoms with van der Waals surface area (Å²) in [5.41, 5.74) is 4.49. The predicted molar refractivity (Wildman–Crippen MR) is 133 cm³/mol. The topological polar surface area (TPSA) is 56.1 Å². The molecule has 1 N–H and O–H groups in total. The van der Waals surface area contributed by atoms with Gasteiger partial charge in [0.25, 0.3) is 0 Å². The van der Waals surface area contributed by atoms with Gasteiger partial charge in [-0.25, -0.2) is 4.98 Å². The number of carbonyl (C=O) groups is 1. The number of benzene rings is 3. The number of para-hydroxylation sites is 2. The quantitative estimate of drug-likeness (QED) is 0.329. The molecule has 3 aromatic carbocycles. The van der Waals surface area contributed by atoms with Gasteiger partial charge in [0.15, 0.2) is 0 Å². The number of nitrogens with zero attached hydrogens (tertiary/aromatic N) is 2. The Morgan fingerprint density at radius 2 is 1.79 bits per heavy atom. The molecule has 0 fully saturated rings. The number of imidazole rings is 1. The van der Waals surface area contributed by atoms with Crippen LogP contribution >= 0.6 is 0 Å². The Morgan fingerprint density at radius 3 is 2.64 bits per heavy atom. The van der Waals surface area contributed by atoms with Crippen LogP contribution in [0.15, 0.2) is 78.9 Å². The molecule has 5 nitrogen and oxygen atoms in total. The van der Waals surface area contributed by atoms with E-state index in [0.717, 1.165) is 42.0 Å². The minimum absolute atomic E-state index is 0.0769. The van der Waals surface area contributed by atoms with Crippen LogP contribution in [-0.2, 0) is 24.2 Å². The monoisotopic (exact) mass is 441 g/mol. The van der Waals surface area contributed by atoms with Crippen LogP contribution < -0.4 is 10.1 Å². The van der Waals surface area contributed by atoms with E-state index < -0.39 is 0 Å². The van der Waals surface area contributed by atoms with E-state index in [4.69, 9.17) is 9.72 Å². The highest BCUT2D eigenvalue weighted by Crippen LogP contribution is 2.18. The Morgan fingerprint density at radius 1 is 0.970 bits per heavy atom. The summed E-state index contributed by atoms with van der Waals surface area (Å²) >= 11 is 0. The van der Waals surface area contributed by atoms with Crippen molar-refractivity contribution in [2.75, 3.05) is 13.2 Å². The average Bonchev–Trinajstić information content (AvgIpc) is 3.18. The lowest BCUT2D eigenvalue weighted by molar-refractivity contribution is -0.121. The van der Waals surface area contributed by atoms with Crippen LogP contribution in [0.1, 0.15) is 29.8 Å². The first-order valence-electron chi connectivity index (χ1n) is 11.6. The Bertz CT molecular complexity index is 1180. The normalized spacial score (nSPS) is 10.9. The summed E-state index contributed by atoms with van der Waals surface area (Å²) in [6.07, 6.45) is 2.83. The molecule has 33 heavy (non-hydrogen) atoms. The molecule has 4 rings (SSSR count). The number of hydrogen-bond acceptors (Lipinski definition) is 3. The Balaban J connectivity index is 1.30. The fourth-order valence-corrected chi connectivity index (χ4v) is 3.99. The lowest BCUT2D eigenvalue weighted by Crippen LogP contribution is -2.26. The number of amides is 1. The van der Waals surface area contributed by atoms with Crippen LogP contribution in [0.2, 0.25) is 0 Å². The van der Waals surface area contributed by atoms with Crippen molar-refractivity contribution in [1.82, 2.24) is 14.9 Å². The van der Waals surface area contributed by atoms with Crippen molar-refractivity contribution in [3.8, 4) is 5.75 Å². The number of nitrogens with one attached hydrogen (secondary N) is 1. The molecule has 0 spiro atoms. The first-order chi connectivity index (χ1) is 16.2. The van der Waals surface area contributed by atoms with Gasteiger partial charge in [-0.05, 0) is 55.2 Å². The minimum atomic E-state index is 0.0769. The van der Waals surface area contributed by atoms with Gasteiger partial charge in [0, 0.05) is 25.9 Å². The zero-order valence-corrected chi connectivity index (χ0v) is 19.2. The second-order valence-electron chi connectivity index (χ2n) is 8.27. The highest BCUT2D eigenvalue weighted by molar-refractivity contribution is 5.77. The number of rotatable bonds is 11. The summed E-state index contributed by atoms with van der Waals surface area (Å²) in [6, 6.07) is 26.4. The molecule has 1 heterocycles. The van der Waals surface area contributed by atoms with Crippen molar-refractivity contribution in [2.45, 2.75) is 39.2 Å². The van der Waals surface area contributed by atoms with E-state index in [0.29, 0.717) is 26.0 Å². The first kappa shape index (κ1) is 22.6. The second kappa shape index (κ2) is 11.3. The van der Waals surface area contributed by atoms with Gasteiger partial charge in [0.2, 0.25) is 5.91 Å². The smallest absolute Gasteiger partial charge is 0.220 e. The molecule has 4 aromatic rings. The van der Waals surface area contributed by atoms with Crippen LogP contribution in [0.25, 0.3) is 11.0 Å². The Labute approximate surface area is 195 Å². The summed E-state index contributed by atoms with van der Waals surface area (Å²) in [6.45, 7) is 4.11. The number of fused-ring (bicyclic) bond motifs is 1. The SMILES string of the molecule is Cc1cccc(OCCCn2c(CCNC(=O)CCc3ccccc3)nc3ccccc32)c1. The van der Waals surface area contributed by atoms with Gasteiger partial charge in [-0.1, -0.05) is 54.6 Å². The molecule has 170 valence electrons. The average molecular weight is 442 g/mol. The third-order valence-corrected chi connectivity index (χ3v) is 5.67. The van der Waals surface area contributed by atoms with E-state index in [1.54, 1.807) is 0 Å².